The fourth-order valence-electron chi connectivity index (χ4n) is 2.87. The van der Waals surface area contributed by atoms with Gasteiger partial charge < -0.3 is 14.9 Å². The summed E-state index contributed by atoms with van der Waals surface area (Å²) in [6.45, 7) is 5.92. The molecule has 0 amide bonds. The molecule has 2 aromatic rings. The number of piperazine rings is 1. The Bertz CT molecular complexity index is 622. The van der Waals surface area contributed by atoms with Gasteiger partial charge in [0, 0.05) is 36.3 Å². The molecule has 1 aliphatic rings. The van der Waals surface area contributed by atoms with Gasteiger partial charge in [0.2, 0.25) is 0 Å². The molecule has 1 N–H and O–H groups in total. The maximum absolute atomic E-state index is 9.82. The Morgan fingerprint density at radius 2 is 1.57 bits per heavy atom. The van der Waals surface area contributed by atoms with Crippen molar-refractivity contribution in [3.63, 3.8) is 0 Å². The zero-order valence-electron chi connectivity index (χ0n) is 13.3. The van der Waals surface area contributed by atoms with Gasteiger partial charge in [-0.05, 0) is 42.8 Å². The van der Waals surface area contributed by atoms with Crippen LogP contribution in [0.25, 0.3) is 0 Å². The molecule has 3 rings (SSSR count). The monoisotopic (exact) mass is 375 g/mol. The molecule has 122 valence electrons. The lowest BCUT2D eigenvalue weighted by atomic mass is 10.1. The van der Waals surface area contributed by atoms with E-state index in [9.17, 15) is 5.11 Å². The second-order valence-electron chi connectivity index (χ2n) is 5.82. The van der Waals surface area contributed by atoms with Crippen LogP contribution in [0.3, 0.4) is 0 Å². The highest BCUT2D eigenvalue weighted by Gasteiger charge is 2.18. The van der Waals surface area contributed by atoms with E-state index in [-0.39, 0.29) is 0 Å². The van der Waals surface area contributed by atoms with Crippen LogP contribution >= 0.6 is 15.9 Å². The SMILES string of the molecule is CCC(O)c1ccc(N2CCN(c3ccc(Br)cc3)CC2)cn1. The van der Waals surface area contributed by atoms with Crippen molar-refractivity contribution in [2.45, 2.75) is 19.4 Å². The van der Waals surface area contributed by atoms with Crippen molar-refractivity contribution in [3.05, 3.63) is 52.8 Å². The first-order valence-electron chi connectivity index (χ1n) is 8.07. The zero-order chi connectivity index (χ0) is 16.2. The van der Waals surface area contributed by atoms with Crippen LogP contribution < -0.4 is 9.80 Å². The fourth-order valence-corrected chi connectivity index (χ4v) is 3.13. The van der Waals surface area contributed by atoms with E-state index in [1.165, 1.54) is 5.69 Å². The largest absolute Gasteiger partial charge is 0.387 e. The zero-order valence-corrected chi connectivity index (χ0v) is 14.9. The predicted octanol–water partition coefficient (Wildman–Crippen LogP) is 3.61. The molecule has 1 atom stereocenters. The summed E-state index contributed by atoms with van der Waals surface area (Å²) in [5.41, 5.74) is 3.16. The van der Waals surface area contributed by atoms with E-state index in [0.29, 0.717) is 6.42 Å². The summed E-state index contributed by atoms with van der Waals surface area (Å²) in [6, 6.07) is 12.5. The number of aliphatic hydroxyl groups is 1. The second-order valence-corrected chi connectivity index (χ2v) is 6.73. The Kier molecular flexibility index (Phi) is 5.18. The van der Waals surface area contributed by atoms with Gasteiger partial charge in [0.25, 0.3) is 0 Å². The molecule has 1 saturated heterocycles. The number of aromatic nitrogens is 1. The Morgan fingerprint density at radius 3 is 2.09 bits per heavy atom. The molecular formula is C18H22BrN3O. The Labute approximate surface area is 145 Å². The minimum atomic E-state index is -0.460. The normalized spacial score (nSPS) is 16.5. The number of hydrogen-bond acceptors (Lipinski definition) is 4. The molecule has 1 fully saturated rings. The molecule has 1 aromatic heterocycles. The molecule has 0 bridgehead atoms. The third kappa shape index (κ3) is 3.85. The minimum absolute atomic E-state index is 0.460. The van der Waals surface area contributed by atoms with Gasteiger partial charge >= 0.3 is 0 Å². The smallest absolute Gasteiger partial charge is 0.0957 e. The van der Waals surface area contributed by atoms with Gasteiger partial charge in [-0.1, -0.05) is 22.9 Å². The average molecular weight is 376 g/mol. The summed E-state index contributed by atoms with van der Waals surface area (Å²) in [5.74, 6) is 0. The first-order chi connectivity index (χ1) is 11.2. The van der Waals surface area contributed by atoms with Crippen LogP contribution in [0.4, 0.5) is 11.4 Å². The van der Waals surface area contributed by atoms with Gasteiger partial charge in [-0.15, -0.1) is 0 Å². The van der Waals surface area contributed by atoms with Crippen LogP contribution in [0.15, 0.2) is 47.1 Å². The first-order valence-corrected chi connectivity index (χ1v) is 8.86. The number of hydrogen-bond donors (Lipinski definition) is 1. The molecule has 0 aliphatic carbocycles. The van der Waals surface area contributed by atoms with E-state index < -0.39 is 6.10 Å². The number of rotatable bonds is 4. The lowest BCUT2D eigenvalue weighted by Crippen LogP contribution is -2.46. The van der Waals surface area contributed by atoms with Crippen LogP contribution in [0, 0.1) is 0 Å². The van der Waals surface area contributed by atoms with Crippen LogP contribution in [0.5, 0.6) is 0 Å². The summed E-state index contributed by atoms with van der Waals surface area (Å²) in [5, 5.41) is 9.82. The highest BCUT2D eigenvalue weighted by atomic mass is 79.9. The molecular weight excluding hydrogens is 354 g/mol. The van der Waals surface area contributed by atoms with E-state index in [2.05, 4.69) is 61.0 Å². The topological polar surface area (TPSA) is 39.6 Å². The van der Waals surface area contributed by atoms with Crippen molar-refractivity contribution >= 4 is 27.3 Å². The molecule has 0 radical (unpaired) electrons. The summed E-state index contributed by atoms with van der Waals surface area (Å²) < 4.78 is 1.11. The third-order valence-electron chi connectivity index (χ3n) is 4.34. The lowest BCUT2D eigenvalue weighted by molar-refractivity contribution is 0.169. The van der Waals surface area contributed by atoms with E-state index >= 15 is 0 Å². The number of pyridine rings is 1. The van der Waals surface area contributed by atoms with E-state index in [1.807, 2.05) is 19.2 Å². The summed E-state index contributed by atoms with van der Waals surface area (Å²) in [4.78, 5) is 9.16. The molecule has 4 nitrogen and oxygen atoms in total. The maximum Gasteiger partial charge on any atom is 0.0957 e. The van der Waals surface area contributed by atoms with E-state index in [0.717, 1.165) is 42.0 Å². The second kappa shape index (κ2) is 7.32. The number of aliphatic hydroxyl groups excluding tert-OH is 1. The average Bonchev–Trinajstić information content (AvgIpc) is 2.62. The Balaban J connectivity index is 1.61. The summed E-state index contributed by atoms with van der Waals surface area (Å²) >= 11 is 3.48. The number of anilines is 2. The number of halogens is 1. The first kappa shape index (κ1) is 16.3. The van der Waals surface area contributed by atoms with Gasteiger partial charge in [-0.3, -0.25) is 4.98 Å². The molecule has 2 heterocycles. The van der Waals surface area contributed by atoms with Crippen LogP contribution in [-0.4, -0.2) is 36.3 Å². The highest BCUT2D eigenvalue weighted by Crippen LogP contribution is 2.23. The number of benzene rings is 1. The maximum atomic E-state index is 9.82. The van der Waals surface area contributed by atoms with Crippen molar-refractivity contribution in [3.8, 4) is 0 Å². The summed E-state index contributed by atoms with van der Waals surface area (Å²) in [7, 11) is 0. The third-order valence-corrected chi connectivity index (χ3v) is 4.86. The molecule has 0 saturated carbocycles. The molecule has 23 heavy (non-hydrogen) atoms. The van der Waals surface area contributed by atoms with Crippen molar-refractivity contribution in [2.24, 2.45) is 0 Å². The van der Waals surface area contributed by atoms with Crippen LogP contribution in [-0.2, 0) is 0 Å². The fraction of sp³-hybridized carbons (Fsp3) is 0.389. The highest BCUT2D eigenvalue weighted by molar-refractivity contribution is 9.10. The van der Waals surface area contributed by atoms with Crippen molar-refractivity contribution < 1.29 is 5.11 Å². The van der Waals surface area contributed by atoms with Crippen LogP contribution in [0.2, 0.25) is 0 Å². The van der Waals surface area contributed by atoms with E-state index in [1.54, 1.807) is 0 Å². The van der Waals surface area contributed by atoms with Gasteiger partial charge in [-0.25, -0.2) is 0 Å². The van der Waals surface area contributed by atoms with E-state index in [4.69, 9.17) is 0 Å². The van der Waals surface area contributed by atoms with Gasteiger partial charge in [-0.2, -0.15) is 0 Å². The molecule has 5 heteroatoms. The van der Waals surface area contributed by atoms with Crippen molar-refractivity contribution in [1.29, 1.82) is 0 Å². The van der Waals surface area contributed by atoms with Crippen molar-refractivity contribution in [1.82, 2.24) is 4.98 Å². The molecule has 1 aromatic carbocycles. The summed E-state index contributed by atoms with van der Waals surface area (Å²) in [6.07, 6.45) is 2.11. The predicted molar refractivity (Wildman–Crippen MR) is 98.1 cm³/mol. The molecule has 0 spiro atoms. The minimum Gasteiger partial charge on any atom is -0.387 e. The van der Waals surface area contributed by atoms with Crippen LogP contribution in [0.1, 0.15) is 25.1 Å². The number of nitrogens with zero attached hydrogens (tertiary/aromatic N) is 3. The van der Waals surface area contributed by atoms with Gasteiger partial charge in [0.1, 0.15) is 0 Å². The molecule has 1 aliphatic heterocycles. The standard InChI is InChI=1S/C18H22BrN3O/c1-2-18(23)17-8-7-16(13-20-17)22-11-9-21(10-12-22)15-5-3-14(19)4-6-15/h3-8,13,18,23H,2,9-12H2,1H3. The van der Waals surface area contributed by atoms with Crippen molar-refractivity contribution in [2.75, 3.05) is 36.0 Å². The van der Waals surface area contributed by atoms with Gasteiger partial charge in [0.05, 0.1) is 23.7 Å². The Hall–Kier alpha value is -1.59. The Morgan fingerprint density at radius 1 is 1.00 bits per heavy atom. The van der Waals surface area contributed by atoms with Gasteiger partial charge in [0.15, 0.2) is 0 Å². The molecule has 1 unspecified atom stereocenters. The quantitative estimate of drug-likeness (QED) is 0.885. The lowest BCUT2D eigenvalue weighted by Gasteiger charge is -2.37.